The summed E-state index contributed by atoms with van der Waals surface area (Å²) in [5.74, 6) is -0.896. The highest BCUT2D eigenvalue weighted by atomic mass is 35.5. The summed E-state index contributed by atoms with van der Waals surface area (Å²) in [5.41, 5.74) is 1.56. The van der Waals surface area contributed by atoms with Gasteiger partial charge in [0.2, 0.25) is 10.9 Å². The number of aryl methyl sites for hydroxylation is 1. The number of nitrogens with zero attached hydrogens (tertiary/aromatic N) is 2. The van der Waals surface area contributed by atoms with Crippen LogP contribution in [-0.2, 0) is 17.6 Å². The molecule has 2 amide bonds. The molecule has 2 N–H and O–H groups in total. The van der Waals surface area contributed by atoms with Gasteiger partial charge in [0.05, 0.1) is 0 Å². The molecule has 0 bridgehead atoms. The SMILES string of the molecule is O=C(CCc1nnc(C(=O)Nc2ccc(F)cc2)s1)NCCc1ccc(Cl)cc1. The average molecular weight is 433 g/mol. The summed E-state index contributed by atoms with van der Waals surface area (Å²) < 4.78 is 12.9. The molecular weight excluding hydrogens is 415 g/mol. The molecule has 1 heterocycles. The summed E-state index contributed by atoms with van der Waals surface area (Å²) in [6.45, 7) is 0.530. The topological polar surface area (TPSA) is 84.0 Å². The van der Waals surface area contributed by atoms with Gasteiger partial charge < -0.3 is 10.6 Å². The lowest BCUT2D eigenvalue weighted by atomic mass is 10.1. The second kappa shape index (κ2) is 10.1. The fourth-order valence-electron chi connectivity index (χ4n) is 2.47. The van der Waals surface area contributed by atoms with Gasteiger partial charge in [0, 0.05) is 30.1 Å². The van der Waals surface area contributed by atoms with Crippen molar-refractivity contribution in [1.82, 2.24) is 15.5 Å². The van der Waals surface area contributed by atoms with E-state index >= 15 is 0 Å². The van der Waals surface area contributed by atoms with E-state index in [1.54, 1.807) is 0 Å². The third-order valence-corrected chi connectivity index (χ3v) is 5.21. The van der Waals surface area contributed by atoms with Gasteiger partial charge in [-0.05, 0) is 48.4 Å². The number of benzene rings is 2. The lowest BCUT2D eigenvalue weighted by molar-refractivity contribution is -0.121. The molecule has 0 aliphatic rings. The summed E-state index contributed by atoms with van der Waals surface area (Å²) in [4.78, 5) is 24.1. The van der Waals surface area contributed by atoms with Crippen LogP contribution in [0.25, 0.3) is 0 Å². The van der Waals surface area contributed by atoms with Crippen LogP contribution < -0.4 is 10.6 Å². The average Bonchev–Trinajstić information content (AvgIpc) is 3.19. The summed E-state index contributed by atoms with van der Waals surface area (Å²) in [6, 6.07) is 12.9. The van der Waals surface area contributed by atoms with Crippen molar-refractivity contribution < 1.29 is 14.0 Å². The maximum Gasteiger partial charge on any atom is 0.286 e. The zero-order valence-corrected chi connectivity index (χ0v) is 16.9. The number of amides is 2. The largest absolute Gasteiger partial charge is 0.356 e. The molecular formula is C20H18ClFN4O2S. The molecule has 1 aromatic heterocycles. The maximum atomic E-state index is 12.9. The quantitative estimate of drug-likeness (QED) is 0.566. The van der Waals surface area contributed by atoms with Crippen LogP contribution in [0, 0.1) is 5.82 Å². The summed E-state index contributed by atoms with van der Waals surface area (Å²) in [7, 11) is 0. The highest BCUT2D eigenvalue weighted by Gasteiger charge is 2.14. The molecule has 0 aliphatic heterocycles. The Balaban J connectivity index is 1.41. The van der Waals surface area contributed by atoms with E-state index in [9.17, 15) is 14.0 Å². The van der Waals surface area contributed by atoms with Crippen molar-refractivity contribution in [3.8, 4) is 0 Å². The second-order valence-electron chi connectivity index (χ2n) is 6.19. The monoisotopic (exact) mass is 432 g/mol. The van der Waals surface area contributed by atoms with Gasteiger partial charge in [-0.3, -0.25) is 9.59 Å². The minimum Gasteiger partial charge on any atom is -0.356 e. The number of anilines is 1. The minimum absolute atomic E-state index is 0.0912. The zero-order valence-electron chi connectivity index (χ0n) is 15.3. The number of nitrogens with one attached hydrogen (secondary N) is 2. The molecule has 0 unspecified atom stereocenters. The first-order valence-electron chi connectivity index (χ1n) is 8.90. The summed E-state index contributed by atoms with van der Waals surface area (Å²) in [6.07, 6.45) is 1.37. The molecule has 0 spiro atoms. The van der Waals surface area contributed by atoms with E-state index in [2.05, 4.69) is 20.8 Å². The number of hydrogen-bond donors (Lipinski definition) is 2. The molecule has 2 aromatic carbocycles. The molecule has 0 fully saturated rings. The van der Waals surface area contributed by atoms with Crippen LogP contribution in [0.15, 0.2) is 48.5 Å². The fraction of sp³-hybridized carbons (Fsp3) is 0.200. The van der Waals surface area contributed by atoms with Crippen LogP contribution in [0.3, 0.4) is 0 Å². The summed E-state index contributed by atoms with van der Waals surface area (Å²) in [5, 5.41) is 14.8. The predicted molar refractivity (Wildman–Crippen MR) is 111 cm³/mol. The molecule has 3 rings (SSSR count). The first kappa shape index (κ1) is 20.9. The van der Waals surface area contributed by atoms with E-state index in [0.717, 1.165) is 23.3 Å². The van der Waals surface area contributed by atoms with Crippen LogP contribution in [0.5, 0.6) is 0 Å². The van der Waals surface area contributed by atoms with E-state index in [1.807, 2.05) is 24.3 Å². The lowest BCUT2D eigenvalue weighted by Gasteiger charge is -2.04. The summed E-state index contributed by atoms with van der Waals surface area (Å²) >= 11 is 6.97. The molecule has 0 radical (unpaired) electrons. The molecule has 3 aromatic rings. The molecule has 0 saturated heterocycles. The Morgan fingerprint density at radius 2 is 1.72 bits per heavy atom. The Labute approximate surface area is 176 Å². The molecule has 0 atom stereocenters. The van der Waals surface area contributed by atoms with Gasteiger partial charge in [0.15, 0.2) is 0 Å². The Kier molecular flexibility index (Phi) is 7.26. The first-order valence-corrected chi connectivity index (χ1v) is 10.1. The Morgan fingerprint density at radius 1 is 1.00 bits per heavy atom. The molecule has 9 heteroatoms. The number of halogens is 2. The zero-order chi connectivity index (χ0) is 20.6. The van der Waals surface area contributed by atoms with E-state index in [0.29, 0.717) is 28.7 Å². The van der Waals surface area contributed by atoms with Crippen molar-refractivity contribution in [2.24, 2.45) is 0 Å². The van der Waals surface area contributed by atoms with Crippen LogP contribution >= 0.6 is 22.9 Å². The Morgan fingerprint density at radius 3 is 2.45 bits per heavy atom. The number of carbonyl (C=O) groups is 2. The molecule has 0 saturated carbocycles. The van der Waals surface area contributed by atoms with Crippen LogP contribution in [-0.4, -0.2) is 28.6 Å². The van der Waals surface area contributed by atoms with Crippen molar-refractivity contribution in [3.63, 3.8) is 0 Å². The van der Waals surface area contributed by atoms with Crippen molar-refractivity contribution in [2.75, 3.05) is 11.9 Å². The van der Waals surface area contributed by atoms with Crippen molar-refractivity contribution in [3.05, 3.63) is 74.9 Å². The number of rotatable bonds is 8. The van der Waals surface area contributed by atoms with Gasteiger partial charge in [-0.15, -0.1) is 10.2 Å². The van der Waals surface area contributed by atoms with Gasteiger partial charge in [-0.2, -0.15) is 0 Å². The fourth-order valence-corrected chi connectivity index (χ4v) is 3.33. The van der Waals surface area contributed by atoms with Gasteiger partial charge in [0.1, 0.15) is 10.8 Å². The molecule has 150 valence electrons. The van der Waals surface area contributed by atoms with E-state index in [4.69, 9.17) is 11.6 Å². The van der Waals surface area contributed by atoms with E-state index in [1.165, 1.54) is 24.3 Å². The number of aromatic nitrogens is 2. The van der Waals surface area contributed by atoms with Crippen LogP contribution in [0.4, 0.5) is 10.1 Å². The third-order valence-electron chi connectivity index (χ3n) is 3.98. The highest BCUT2D eigenvalue weighted by Crippen LogP contribution is 2.15. The van der Waals surface area contributed by atoms with Crippen molar-refractivity contribution in [1.29, 1.82) is 0 Å². The first-order chi connectivity index (χ1) is 14.0. The van der Waals surface area contributed by atoms with Gasteiger partial charge in [0.25, 0.3) is 5.91 Å². The highest BCUT2D eigenvalue weighted by molar-refractivity contribution is 7.13. The predicted octanol–water partition coefficient (Wildman–Crippen LogP) is 3.87. The van der Waals surface area contributed by atoms with E-state index in [-0.39, 0.29) is 23.2 Å². The normalized spacial score (nSPS) is 10.6. The Bertz CT molecular complexity index is 977. The standard InChI is InChI=1S/C20H18ClFN4O2S/c21-14-3-1-13(2-4-14)11-12-23-17(27)9-10-18-25-26-20(29-18)19(28)24-16-7-5-15(22)6-8-16/h1-8H,9-12H2,(H,23,27)(H,24,28). The van der Waals surface area contributed by atoms with Crippen LogP contribution in [0.2, 0.25) is 5.02 Å². The van der Waals surface area contributed by atoms with Crippen molar-refractivity contribution >= 4 is 40.4 Å². The number of carbonyl (C=O) groups excluding carboxylic acids is 2. The molecule has 0 aliphatic carbocycles. The third kappa shape index (κ3) is 6.62. The lowest BCUT2D eigenvalue weighted by Crippen LogP contribution is -2.25. The maximum absolute atomic E-state index is 12.9. The smallest absolute Gasteiger partial charge is 0.286 e. The van der Waals surface area contributed by atoms with Gasteiger partial charge in [-0.1, -0.05) is 35.1 Å². The molecule has 29 heavy (non-hydrogen) atoms. The second-order valence-corrected chi connectivity index (χ2v) is 7.69. The van der Waals surface area contributed by atoms with E-state index < -0.39 is 5.91 Å². The minimum atomic E-state index is -0.423. The Hall–Kier alpha value is -2.84. The number of hydrogen-bond acceptors (Lipinski definition) is 5. The van der Waals surface area contributed by atoms with Gasteiger partial charge in [-0.25, -0.2) is 4.39 Å². The van der Waals surface area contributed by atoms with Crippen LogP contribution in [0.1, 0.15) is 26.8 Å². The van der Waals surface area contributed by atoms with Gasteiger partial charge >= 0.3 is 0 Å². The molecule has 6 nitrogen and oxygen atoms in total. The van der Waals surface area contributed by atoms with Crippen molar-refractivity contribution in [2.45, 2.75) is 19.3 Å².